The van der Waals surface area contributed by atoms with E-state index in [-0.39, 0.29) is 23.1 Å². The second kappa shape index (κ2) is 8.73. The lowest BCUT2D eigenvalue weighted by molar-refractivity contribution is -0.123. The molecule has 5 rings (SSSR count). The average molecular weight is 428 g/mol. The smallest absolute Gasteiger partial charge is 0.254 e. The number of nitrogens with zero attached hydrogens (tertiary/aromatic N) is 2. The van der Waals surface area contributed by atoms with Gasteiger partial charge in [-0.15, -0.1) is 0 Å². The van der Waals surface area contributed by atoms with Gasteiger partial charge in [-0.05, 0) is 72.1 Å². The van der Waals surface area contributed by atoms with Crippen molar-refractivity contribution in [2.75, 3.05) is 19.6 Å². The largest absolute Gasteiger partial charge is 0.356 e. The lowest BCUT2D eigenvalue weighted by Crippen LogP contribution is -2.40. The van der Waals surface area contributed by atoms with Crippen molar-refractivity contribution in [3.8, 4) is 0 Å². The summed E-state index contributed by atoms with van der Waals surface area (Å²) in [5.41, 5.74) is 2.13. The highest BCUT2D eigenvalue weighted by Crippen LogP contribution is 2.59. The number of amides is 2. The number of carbonyl (C=O) groups is 2. The van der Waals surface area contributed by atoms with Crippen LogP contribution in [0.4, 0.5) is 0 Å². The molecule has 1 saturated carbocycles. The molecule has 2 aliphatic rings. The Balaban J connectivity index is 1.12. The van der Waals surface area contributed by atoms with E-state index < -0.39 is 0 Å². The van der Waals surface area contributed by atoms with E-state index in [9.17, 15) is 9.59 Å². The molecule has 1 atom stereocenters. The molecule has 1 saturated heterocycles. The molecule has 0 radical (unpaired) electrons. The molecular weight excluding hydrogens is 398 g/mol. The van der Waals surface area contributed by atoms with Crippen molar-refractivity contribution in [3.63, 3.8) is 0 Å². The van der Waals surface area contributed by atoms with Gasteiger partial charge in [0.1, 0.15) is 0 Å². The molecule has 5 heteroatoms. The summed E-state index contributed by atoms with van der Waals surface area (Å²) in [7, 11) is 0. The minimum atomic E-state index is 0.102. The zero-order chi connectivity index (χ0) is 22.0. The normalized spacial score (nSPS) is 19.1. The maximum atomic E-state index is 13.2. The zero-order valence-corrected chi connectivity index (χ0v) is 18.3. The maximum Gasteiger partial charge on any atom is 0.254 e. The minimum absolute atomic E-state index is 0.102. The number of aromatic nitrogens is 1. The van der Waals surface area contributed by atoms with Crippen molar-refractivity contribution in [1.82, 2.24) is 15.2 Å². The first-order chi connectivity index (χ1) is 15.7. The molecule has 2 amide bonds. The topological polar surface area (TPSA) is 62.3 Å². The van der Waals surface area contributed by atoms with Gasteiger partial charge in [0.15, 0.2) is 0 Å². The molecule has 3 aromatic rings. The number of nitrogens with one attached hydrogen (secondary N) is 1. The first-order valence-corrected chi connectivity index (χ1v) is 11.6. The Bertz CT molecular complexity index is 1110. The van der Waals surface area contributed by atoms with Crippen LogP contribution >= 0.6 is 0 Å². The van der Waals surface area contributed by atoms with E-state index in [0.29, 0.717) is 6.54 Å². The Labute approximate surface area is 188 Å². The summed E-state index contributed by atoms with van der Waals surface area (Å²) in [6, 6.07) is 18.0. The molecule has 0 bridgehead atoms. The number of hydrogen-bond donors (Lipinski definition) is 1. The van der Waals surface area contributed by atoms with Gasteiger partial charge in [0.05, 0.1) is 0 Å². The lowest BCUT2D eigenvalue weighted by atomic mass is 9.90. The Hall–Kier alpha value is -3.21. The molecule has 2 aromatic carbocycles. The van der Waals surface area contributed by atoms with Crippen molar-refractivity contribution in [1.29, 1.82) is 0 Å². The summed E-state index contributed by atoms with van der Waals surface area (Å²) < 4.78 is 0. The van der Waals surface area contributed by atoms with Gasteiger partial charge in [-0.2, -0.15) is 0 Å². The van der Waals surface area contributed by atoms with Gasteiger partial charge < -0.3 is 10.2 Å². The molecule has 1 spiro atoms. The standard InChI is InChI=1S/C27H29N3O2/c31-25(29-14-4-5-20-10-15-28-16-11-20)24-19-27(24)12-17-30(18-13-27)26(32)23-9-3-7-21-6-1-2-8-22(21)23/h1-3,6-11,15-16,24H,4-5,12-14,17-19H2,(H,29,31)/t24-/m1/s1. The molecule has 164 valence electrons. The van der Waals surface area contributed by atoms with Crippen LogP contribution in [-0.4, -0.2) is 41.3 Å². The number of pyridine rings is 1. The first-order valence-electron chi connectivity index (χ1n) is 11.6. The van der Waals surface area contributed by atoms with Crippen LogP contribution in [0.15, 0.2) is 67.0 Å². The van der Waals surface area contributed by atoms with Crippen molar-refractivity contribution in [3.05, 3.63) is 78.1 Å². The maximum absolute atomic E-state index is 13.2. The Morgan fingerprint density at radius 2 is 1.75 bits per heavy atom. The fourth-order valence-corrected chi connectivity index (χ4v) is 5.19. The van der Waals surface area contributed by atoms with E-state index in [1.54, 1.807) is 12.4 Å². The van der Waals surface area contributed by atoms with E-state index >= 15 is 0 Å². The van der Waals surface area contributed by atoms with E-state index in [4.69, 9.17) is 0 Å². The minimum Gasteiger partial charge on any atom is -0.356 e. The summed E-state index contributed by atoms with van der Waals surface area (Å²) in [5.74, 6) is 0.404. The number of benzene rings is 2. The average Bonchev–Trinajstić information content (AvgIpc) is 3.55. The van der Waals surface area contributed by atoms with Gasteiger partial charge in [0, 0.05) is 43.5 Å². The molecule has 32 heavy (non-hydrogen) atoms. The molecule has 1 aliphatic heterocycles. The summed E-state index contributed by atoms with van der Waals surface area (Å²) in [5, 5.41) is 5.23. The van der Waals surface area contributed by atoms with Crippen molar-refractivity contribution >= 4 is 22.6 Å². The van der Waals surface area contributed by atoms with Crippen molar-refractivity contribution in [2.45, 2.75) is 32.1 Å². The quantitative estimate of drug-likeness (QED) is 0.599. The molecule has 0 unspecified atom stereocenters. The number of carbonyl (C=O) groups excluding carboxylic acids is 2. The van der Waals surface area contributed by atoms with E-state index in [0.717, 1.165) is 61.5 Å². The Morgan fingerprint density at radius 3 is 2.56 bits per heavy atom. The van der Waals surface area contributed by atoms with Crippen LogP contribution in [0, 0.1) is 11.3 Å². The number of likely N-dealkylation sites (tertiary alicyclic amines) is 1. The molecule has 2 heterocycles. The van der Waals surface area contributed by atoms with Crippen LogP contribution < -0.4 is 5.32 Å². The highest BCUT2D eigenvalue weighted by Gasteiger charge is 2.58. The number of hydrogen-bond acceptors (Lipinski definition) is 3. The monoisotopic (exact) mass is 427 g/mol. The van der Waals surface area contributed by atoms with Gasteiger partial charge in [0.25, 0.3) is 5.91 Å². The van der Waals surface area contributed by atoms with Crippen molar-refractivity contribution < 1.29 is 9.59 Å². The summed E-state index contributed by atoms with van der Waals surface area (Å²) in [4.78, 5) is 31.9. The number of piperidine rings is 1. The molecule has 1 aliphatic carbocycles. The third kappa shape index (κ3) is 4.12. The van der Waals surface area contributed by atoms with Crippen LogP contribution in [0.1, 0.15) is 41.6 Å². The summed E-state index contributed by atoms with van der Waals surface area (Å²) >= 11 is 0. The molecular formula is C27H29N3O2. The third-order valence-corrected chi connectivity index (χ3v) is 7.26. The van der Waals surface area contributed by atoms with Crippen LogP contribution in [0.25, 0.3) is 10.8 Å². The van der Waals surface area contributed by atoms with Gasteiger partial charge >= 0.3 is 0 Å². The summed E-state index contributed by atoms with van der Waals surface area (Å²) in [6.45, 7) is 2.17. The van der Waals surface area contributed by atoms with Crippen LogP contribution in [0.3, 0.4) is 0 Å². The van der Waals surface area contributed by atoms with Crippen LogP contribution in [0.5, 0.6) is 0 Å². The highest BCUT2D eigenvalue weighted by molar-refractivity contribution is 6.07. The fraction of sp³-hybridized carbons (Fsp3) is 0.370. The van der Waals surface area contributed by atoms with Crippen LogP contribution in [0.2, 0.25) is 0 Å². The SMILES string of the molecule is O=C(NCCCc1ccncc1)[C@H]1CC12CCN(C(=O)c1cccc3ccccc13)CC2. The summed E-state index contributed by atoms with van der Waals surface area (Å²) in [6.07, 6.45) is 8.28. The molecule has 2 fully saturated rings. The zero-order valence-electron chi connectivity index (χ0n) is 18.3. The van der Waals surface area contributed by atoms with Gasteiger partial charge in [-0.3, -0.25) is 14.6 Å². The van der Waals surface area contributed by atoms with E-state index in [2.05, 4.69) is 10.3 Å². The Kier molecular flexibility index (Phi) is 5.64. The van der Waals surface area contributed by atoms with Crippen molar-refractivity contribution in [2.24, 2.45) is 11.3 Å². The molecule has 5 nitrogen and oxygen atoms in total. The van der Waals surface area contributed by atoms with Gasteiger partial charge in [0.2, 0.25) is 5.91 Å². The highest BCUT2D eigenvalue weighted by atomic mass is 16.2. The molecule has 1 aromatic heterocycles. The fourth-order valence-electron chi connectivity index (χ4n) is 5.19. The van der Waals surface area contributed by atoms with Crippen LogP contribution in [-0.2, 0) is 11.2 Å². The number of rotatable bonds is 6. The first kappa shape index (κ1) is 20.7. The molecule has 1 N–H and O–H groups in total. The Morgan fingerprint density at radius 1 is 1.00 bits per heavy atom. The van der Waals surface area contributed by atoms with E-state index in [1.807, 2.05) is 59.5 Å². The third-order valence-electron chi connectivity index (χ3n) is 7.26. The van der Waals surface area contributed by atoms with E-state index in [1.165, 1.54) is 5.56 Å². The van der Waals surface area contributed by atoms with Gasteiger partial charge in [-0.1, -0.05) is 36.4 Å². The number of aryl methyl sites for hydroxylation is 1. The lowest BCUT2D eigenvalue weighted by Gasteiger charge is -2.33. The second-order valence-corrected chi connectivity index (χ2v) is 9.19. The predicted octanol–water partition coefficient (Wildman–Crippen LogP) is 4.23. The second-order valence-electron chi connectivity index (χ2n) is 9.19. The predicted molar refractivity (Wildman–Crippen MR) is 125 cm³/mol. The van der Waals surface area contributed by atoms with Gasteiger partial charge in [-0.25, -0.2) is 0 Å². The number of fused-ring (bicyclic) bond motifs is 1.